The van der Waals surface area contributed by atoms with Crippen molar-refractivity contribution in [2.75, 3.05) is 0 Å². The van der Waals surface area contributed by atoms with Crippen LogP contribution < -0.4 is 0 Å². The monoisotopic (exact) mass is 223 g/mol. The second kappa shape index (κ2) is 3.45. The third-order valence-corrected chi connectivity index (χ3v) is 3.22. The van der Waals surface area contributed by atoms with Gasteiger partial charge in [-0.3, -0.25) is 9.36 Å². The van der Waals surface area contributed by atoms with Crippen LogP contribution in [0.3, 0.4) is 0 Å². The number of para-hydroxylation sites is 1. The first-order valence-electron chi connectivity index (χ1n) is 5.70. The lowest BCUT2D eigenvalue weighted by Crippen LogP contribution is -2.04. The number of carbonyl (C=O) groups excluding carboxylic acids is 1. The summed E-state index contributed by atoms with van der Waals surface area (Å²) in [6.45, 7) is 3.69. The van der Waals surface area contributed by atoms with Gasteiger partial charge in [-0.25, -0.2) is 0 Å². The van der Waals surface area contributed by atoms with E-state index in [1.807, 2.05) is 30.3 Å². The summed E-state index contributed by atoms with van der Waals surface area (Å²) in [5, 5.41) is 2.33. The fraction of sp³-hybridized carbons (Fsp3) is 0.133. The Bertz CT molecular complexity index is 737. The van der Waals surface area contributed by atoms with Crippen LogP contribution in [0.1, 0.15) is 17.3 Å². The number of aryl methyl sites for hydroxylation is 1. The smallest absolute Gasteiger partial charge is 0.228 e. The molecular weight excluding hydrogens is 210 g/mol. The second-order valence-electron chi connectivity index (χ2n) is 4.34. The molecule has 0 unspecified atom stereocenters. The largest absolute Gasteiger partial charge is 0.280 e. The van der Waals surface area contributed by atoms with Gasteiger partial charge in [-0.2, -0.15) is 0 Å². The Kier molecular flexibility index (Phi) is 2.05. The molecule has 0 fully saturated rings. The van der Waals surface area contributed by atoms with E-state index in [-0.39, 0.29) is 5.91 Å². The molecule has 0 saturated heterocycles. The molecule has 0 aliphatic carbocycles. The van der Waals surface area contributed by atoms with E-state index in [0.29, 0.717) is 0 Å². The quantitative estimate of drug-likeness (QED) is 0.568. The van der Waals surface area contributed by atoms with E-state index in [1.54, 1.807) is 11.5 Å². The lowest BCUT2D eigenvalue weighted by atomic mass is 10.1. The molecule has 0 radical (unpaired) electrons. The minimum Gasteiger partial charge on any atom is -0.280 e. The third kappa shape index (κ3) is 1.30. The highest BCUT2D eigenvalue weighted by Gasteiger charge is 2.13. The van der Waals surface area contributed by atoms with Crippen LogP contribution in [-0.2, 0) is 0 Å². The first-order chi connectivity index (χ1) is 8.20. The van der Waals surface area contributed by atoms with Crippen molar-refractivity contribution < 1.29 is 4.79 Å². The average molecular weight is 223 g/mol. The van der Waals surface area contributed by atoms with Gasteiger partial charge in [0.05, 0.1) is 11.0 Å². The summed E-state index contributed by atoms with van der Waals surface area (Å²) in [5.41, 5.74) is 3.20. The molecular formula is C15H13NO. The number of nitrogens with zero attached hydrogens (tertiary/aromatic N) is 1. The number of benzene rings is 2. The van der Waals surface area contributed by atoms with Crippen LogP contribution in [0.2, 0.25) is 0 Å². The summed E-state index contributed by atoms with van der Waals surface area (Å²) in [7, 11) is 0. The van der Waals surface area contributed by atoms with Gasteiger partial charge in [0, 0.05) is 17.7 Å². The third-order valence-electron chi connectivity index (χ3n) is 3.22. The van der Waals surface area contributed by atoms with Crippen molar-refractivity contribution in [3.8, 4) is 0 Å². The predicted octanol–water partition coefficient (Wildman–Crippen LogP) is 3.76. The molecule has 17 heavy (non-hydrogen) atoms. The van der Waals surface area contributed by atoms with Gasteiger partial charge in [0.2, 0.25) is 5.91 Å². The Morgan fingerprint density at radius 2 is 1.71 bits per heavy atom. The van der Waals surface area contributed by atoms with Gasteiger partial charge < -0.3 is 0 Å². The minimum atomic E-state index is 0.0572. The normalized spacial score (nSPS) is 11.2. The molecule has 0 aliphatic rings. The molecule has 2 aromatic carbocycles. The fourth-order valence-electron chi connectivity index (χ4n) is 2.54. The van der Waals surface area contributed by atoms with Gasteiger partial charge in [-0.15, -0.1) is 0 Å². The Morgan fingerprint density at radius 1 is 1.00 bits per heavy atom. The molecule has 84 valence electrons. The highest BCUT2D eigenvalue weighted by Crippen LogP contribution is 2.30. The molecule has 0 N–H and O–H groups in total. The number of rotatable bonds is 0. The van der Waals surface area contributed by atoms with E-state index in [4.69, 9.17) is 0 Å². The van der Waals surface area contributed by atoms with E-state index < -0.39 is 0 Å². The summed E-state index contributed by atoms with van der Waals surface area (Å²) in [6, 6.07) is 14.1. The molecule has 3 aromatic rings. The number of hydrogen-bond acceptors (Lipinski definition) is 1. The van der Waals surface area contributed by atoms with E-state index in [9.17, 15) is 4.79 Å². The zero-order valence-electron chi connectivity index (χ0n) is 9.90. The number of fused-ring (bicyclic) bond motifs is 3. The number of hydrogen-bond donors (Lipinski definition) is 0. The van der Waals surface area contributed by atoms with Crippen molar-refractivity contribution in [3.05, 3.63) is 48.0 Å². The van der Waals surface area contributed by atoms with Crippen molar-refractivity contribution in [1.29, 1.82) is 0 Å². The van der Waals surface area contributed by atoms with Crippen LogP contribution in [0.25, 0.3) is 21.8 Å². The lowest BCUT2D eigenvalue weighted by molar-refractivity contribution is 0.0946. The van der Waals surface area contributed by atoms with Crippen LogP contribution in [0.15, 0.2) is 42.5 Å². The zero-order valence-corrected chi connectivity index (χ0v) is 9.90. The summed E-state index contributed by atoms with van der Waals surface area (Å²) < 4.78 is 1.79. The van der Waals surface area contributed by atoms with Gasteiger partial charge in [0.15, 0.2) is 0 Å². The second-order valence-corrected chi connectivity index (χ2v) is 4.34. The molecule has 0 bridgehead atoms. The van der Waals surface area contributed by atoms with Crippen LogP contribution in [0.4, 0.5) is 0 Å². The molecule has 1 aromatic heterocycles. The summed E-state index contributed by atoms with van der Waals surface area (Å²) >= 11 is 0. The van der Waals surface area contributed by atoms with Gasteiger partial charge >= 0.3 is 0 Å². The SMILES string of the molecule is CC(=O)n1c2ccccc2c2c(C)cccc21. The van der Waals surface area contributed by atoms with Crippen molar-refractivity contribution >= 4 is 27.7 Å². The van der Waals surface area contributed by atoms with E-state index >= 15 is 0 Å². The van der Waals surface area contributed by atoms with Crippen LogP contribution in [0, 0.1) is 6.92 Å². The maximum Gasteiger partial charge on any atom is 0.228 e. The van der Waals surface area contributed by atoms with Gasteiger partial charge in [0.1, 0.15) is 0 Å². The predicted molar refractivity (Wildman–Crippen MR) is 70.5 cm³/mol. The molecule has 0 amide bonds. The first kappa shape index (κ1) is 10.1. The minimum absolute atomic E-state index is 0.0572. The number of carbonyl (C=O) groups is 1. The van der Waals surface area contributed by atoms with E-state index in [2.05, 4.69) is 19.1 Å². The lowest BCUT2D eigenvalue weighted by Gasteiger charge is -2.01. The van der Waals surface area contributed by atoms with Crippen molar-refractivity contribution in [2.45, 2.75) is 13.8 Å². The first-order valence-corrected chi connectivity index (χ1v) is 5.70. The van der Waals surface area contributed by atoms with Crippen molar-refractivity contribution in [2.24, 2.45) is 0 Å². The van der Waals surface area contributed by atoms with Crippen molar-refractivity contribution in [1.82, 2.24) is 4.57 Å². The molecule has 0 saturated carbocycles. The van der Waals surface area contributed by atoms with Crippen LogP contribution >= 0.6 is 0 Å². The Hall–Kier alpha value is -2.09. The molecule has 3 rings (SSSR count). The van der Waals surface area contributed by atoms with Crippen LogP contribution in [0.5, 0.6) is 0 Å². The highest BCUT2D eigenvalue weighted by molar-refractivity contribution is 6.14. The summed E-state index contributed by atoms with van der Waals surface area (Å²) in [6.07, 6.45) is 0. The maximum atomic E-state index is 11.8. The molecule has 1 heterocycles. The Labute approximate surface area is 99.5 Å². The topological polar surface area (TPSA) is 22.0 Å². The van der Waals surface area contributed by atoms with Crippen LogP contribution in [-0.4, -0.2) is 10.5 Å². The zero-order chi connectivity index (χ0) is 12.0. The summed E-state index contributed by atoms with van der Waals surface area (Å²) in [4.78, 5) is 11.8. The van der Waals surface area contributed by atoms with E-state index in [0.717, 1.165) is 16.4 Å². The summed E-state index contributed by atoms with van der Waals surface area (Å²) in [5.74, 6) is 0.0572. The maximum absolute atomic E-state index is 11.8. The fourth-order valence-corrected chi connectivity index (χ4v) is 2.54. The number of aromatic nitrogens is 1. The molecule has 0 spiro atoms. The Morgan fingerprint density at radius 3 is 2.47 bits per heavy atom. The van der Waals surface area contributed by atoms with Crippen molar-refractivity contribution in [3.63, 3.8) is 0 Å². The van der Waals surface area contributed by atoms with Gasteiger partial charge in [-0.05, 0) is 24.6 Å². The standard InChI is InChI=1S/C15H13NO/c1-10-6-5-9-14-15(10)12-7-3-4-8-13(12)16(14)11(2)17/h3-9H,1-2H3. The van der Waals surface area contributed by atoms with Gasteiger partial charge in [-0.1, -0.05) is 30.3 Å². The molecule has 0 atom stereocenters. The average Bonchev–Trinajstić information content (AvgIpc) is 2.64. The van der Waals surface area contributed by atoms with Gasteiger partial charge in [0.25, 0.3) is 0 Å². The van der Waals surface area contributed by atoms with E-state index in [1.165, 1.54) is 10.9 Å². The molecule has 0 aliphatic heterocycles. The highest BCUT2D eigenvalue weighted by atomic mass is 16.1. The molecule has 2 nitrogen and oxygen atoms in total. The molecule has 2 heteroatoms. The Balaban J connectivity index is 2.67.